The Morgan fingerprint density at radius 3 is 2.33 bits per heavy atom. The standard InChI is InChI=1S/C6H4BF4NO3/c8-4-1-3(7(13)14)2-12-5(4)15-6(9,10)11/h1-2,13-14H. The number of alkyl halides is 3. The highest BCUT2D eigenvalue weighted by Crippen LogP contribution is 2.22. The van der Waals surface area contributed by atoms with Crippen molar-refractivity contribution in [3.05, 3.63) is 18.1 Å². The van der Waals surface area contributed by atoms with E-state index in [1.165, 1.54) is 0 Å². The van der Waals surface area contributed by atoms with Crippen LogP contribution in [0, 0.1) is 5.82 Å². The van der Waals surface area contributed by atoms with Gasteiger partial charge >= 0.3 is 13.5 Å². The summed E-state index contributed by atoms with van der Waals surface area (Å²) in [7, 11) is -2.01. The van der Waals surface area contributed by atoms with Gasteiger partial charge in [0.25, 0.3) is 5.88 Å². The van der Waals surface area contributed by atoms with Crippen LogP contribution in [0.2, 0.25) is 0 Å². The number of aromatic nitrogens is 1. The second-order valence-corrected chi connectivity index (χ2v) is 2.48. The van der Waals surface area contributed by atoms with Crippen molar-refractivity contribution < 1.29 is 32.3 Å². The maximum absolute atomic E-state index is 12.8. The zero-order valence-electron chi connectivity index (χ0n) is 6.99. The topological polar surface area (TPSA) is 62.6 Å². The predicted molar refractivity (Wildman–Crippen MR) is 40.7 cm³/mol. The van der Waals surface area contributed by atoms with E-state index in [4.69, 9.17) is 10.0 Å². The van der Waals surface area contributed by atoms with Crippen molar-refractivity contribution in [2.45, 2.75) is 6.36 Å². The number of hydrogen-bond acceptors (Lipinski definition) is 4. The maximum atomic E-state index is 12.8. The van der Waals surface area contributed by atoms with Gasteiger partial charge in [-0.05, 0) is 6.07 Å². The average Bonchev–Trinajstić information content (AvgIpc) is 2.05. The van der Waals surface area contributed by atoms with Crippen LogP contribution < -0.4 is 10.2 Å². The van der Waals surface area contributed by atoms with E-state index in [1.54, 1.807) is 0 Å². The van der Waals surface area contributed by atoms with Gasteiger partial charge in [-0.25, -0.2) is 9.37 Å². The highest BCUT2D eigenvalue weighted by molar-refractivity contribution is 6.58. The van der Waals surface area contributed by atoms with Crippen molar-refractivity contribution in [3.63, 3.8) is 0 Å². The van der Waals surface area contributed by atoms with E-state index in [9.17, 15) is 17.6 Å². The summed E-state index contributed by atoms with van der Waals surface area (Å²) in [5, 5.41) is 17.1. The van der Waals surface area contributed by atoms with Crippen LogP contribution >= 0.6 is 0 Å². The van der Waals surface area contributed by atoms with Crippen molar-refractivity contribution in [2.24, 2.45) is 0 Å². The fraction of sp³-hybridized carbons (Fsp3) is 0.167. The number of halogens is 4. The quantitative estimate of drug-likeness (QED) is 0.540. The molecule has 4 nitrogen and oxygen atoms in total. The van der Waals surface area contributed by atoms with Gasteiger partial charge in [0.05, 0.1) is 0 Å². The summed E-state index contributed by atoms with van der Waals surface area (Å²) in [4.78, 5) is 2.95. The van der Waals surface area contributed by atoms with Crippen LogP contribution in [0.4, 0.5) is 17.6 Å². The fourth-order valence-corrected chi connectivity index (χ4v) is 0.766. The van der Waals surface area contributed by atoms with Gasteiger partial charge in [0, 0.05) is 11.7 Å². The van der Waals surface area contributed by atoms with Crippen molar-refractivity contribution in [3.8, 4) is 5.88 Å². The molecule has 82 valence electrons. The Bertz CT molecular complexity index is 357. The molecule has 15 heavy (non-hydrogen) atoms. The van der Waals surface area contributed by atoms with E-state index in [-0.39, 0.29) is 5.46 Å². The number of nitrogens with zero attached hydrogens (tertiary/aromatic N) is 1. The summed E-state index contributed by atoms with van der Waals surface area (Å²) in [5.74, 6) is -2.70. The number of ether oxygens (including phenoxy) is 1. The minimum absolute atomic E-state index is 0.373. The lowest BCUT2D eigenvalue weighted by atomic mass is 9.82. The van der Waals surface area contributed by atoms with Gasteiger partial charge in [-0.3, -0.25) is 0 Å². The summed E-state index contributed by atoms with van der Waals surface area (Å²) in [6.45, 7) is 0. The summed E-state index contributed by atoms with van der Waals surface area (Å²) in [5.41, 5.74) is -0.373. The molecule has 0 spiro atoms. The van der Waals surface area contributed by atoms with Crippen LogP contribution in [0.5, 0.6) is 5.88 Å². The Morgan fingerprint density at radius 1 is 1.33 bits per heavy atom. The van der Waals surface area contributed by atoms with E-state index in [0.29, 0.717) is 12.3 Å². The number of pyridine rings is 1. The van der Waals surface area contributed by atoms with Gasteiger partial charge in [-0.2, -0.15) is 0 Å². The molecular formula is C6H4BF4NO3. The van der Waals surface area contributed by atoms with Crippen LogP contribution in [0.25, 0.3) is 0 Å². The summed E-state index contributed by atoms with van der Waals surface area (Å²) < 4.78 is 51.0. The first-order valence-corrected chi connectivity index (χ1v) is 3.57. The highest BCUT2D eigenvalue weighted by atomic mass is 19.4. The lowest BCUT2D eigenvalue weighted by molar-refractivity contribution is -0.277. The first-order chi connectivity index (χ1) is 6.79. The number of hydrogen-bond donors (Lipinski definition) is 2. The highest BCUT2D eigenvalue weighted by Gasteiger charge is 2.33. The van der Waals surface area contributed by atoms with Gasteiger partial charge < -0.3 is 14.8 Å². The zero-order chi connectivity index (χ0) is 11.6. The molecule has 0 fully saturated rings. The Kier molecular flexibility index (Phi) is 3.15. The van der Waals surface area contributed by atoms with Crippen LogP contribution in [-0.4, -0.2) is 28.5 Å². The first kappa shape index (κ1) is 11.7. The van der Waals surface area contributed by atoms with Crippen molar-refractivity contribution in [2.75, 3.05) is 0 Å². The predicted octanol–water partition coefficient (Wildman–Crippen LogP) is -0.201. The summed E-state index contributed by atoms with van der Waals surface area (Å²) >= 11 is 0. The van der Waals surface area contributed by atoms with Crippen molar-refractivity contribution in [1.82, 2.24) is 4.98 Å². The minimum Gasteiger partial charge on any atom is -0.423 e. The monoisotopic (exact) mass is 225 g/mol. The van der Waals surface area contributed by atoms with E-state index < -0.39 is 25.2 Å². The fourth-order valence-electron chi connectivity index (χ4n) is 0.766. The van der Waals surface area contributed by atoms with Crippen molar-refractivity contribution in [1.29, 1.82) is 0 Å². The molecule has 2 N–H and O–H groups in total. The number of rotatable bonds is 2. The molecule has 0 aliphatic carbocycles. The normalized spacial score (nSPS) is 11.3. The molecule has 0 saturated heterocycles. The zero-order valence-corrected chi connectivity index (χ0v) is 6.99. The molecule has 1 aromatic rings. The van der Waals surface area contributed by atoms with Crippen LogP contribution in [0.1, 0.15) is 0 Å². The molecule has 0 aromatic carbocycles. The second-order valence-electron chi connectivity index (χ2n) is 2.48. The van der Waals surface area contributed by atoms with E-state index >= 15 is 0 Å². The van der Waals surface area contributed by atoms with E-state index in [0.717, 1.165) is 0 Å². The van der Waals surface area contributed by atoms with Gasteiger partial charge in [0.1, 0.15) is 0 Å². The largest absolute Gasteiger partial charge is 0.574 e. The third kappa shape index (κ3) is 3.37. The van der Waals surface area contributed by atoms with E-state index in [1.807, 2.05) is 0 Å². The molecule has 1 rings (SSSR count). The molecule has 0 aliphatic rings. The molecule has 0 saturated carbocycles. The Morgan fingerprint density at radius 2 is 1.93 bits per heavy atom. The van der Waals surface area contributed by atoms with Crippen LogP contribution in [-0.2, 0) is 0 Å². The molecule has 0 radical (unpaired) electrons. The molecule has 0 amide bonds. The third-order valence-corrected chi connectivity index (χ3v) is 1.34. The molecule has 9 heteroatoms. The molecule has 0 aliphatic heterocycles. The third-order valence-electron chi connectivity index (χ3n) is 1.34. The first-order valence-electron chi connectivity index (χ1n) is 3.57. The van der Waals surface area contributed by atoms with Crippen LogP contribution in [0.15, 0.2) is 12.3 Å². The lowest BCUT2D eigenvalue weighted by Gasteiger charge is -2.08. The Hall–Kier alpha value is -1.35. The molecular weight excluding hydrogens is 221 g/mol. The smallest absolute Gasteiger partial charge is 0.423 e. The summed E-state index contributed by atoms with van der Waals surface area (Å²) in [6, 6.07) is 0.485. The summed E-state index contributed by atoms with van der Waals surface area (Å²) in [6.07, 6.45) is -4.39. The second kappa shape index (κ2) is 4.03. The van der Waals surface area contributed by atoms with Crippen LogP contribution in [0.3, 0.4) is 0 Å². The molecule has 1 aromatic heterocycles. The van der Waals surface area contributed by atoms with Gasteiger partial charge in [0.2, 0.25) is 0 Å². The minimum atomic E-state index is -5.05. The lowest BCUT2D eigenvalue weighted by Crippen LogP contribution is -2.31. The Balaban J connectivity index is 2.94. The van der Waals surface area contributed by atoms with Crippen molar-refractivity contribution >= 4 is 12.6 Å². The average molecular weight is 225 g/mol. The molecule has 0 bridgehead atoms. The Labute approximate surface area is 81.3 Å². The maximum Gasteiger partial charge on any atom is 0.574 e. The molecule has 1 heterocycles. The molecule has 0 unspecified atom stereocenters. The van der Waals surface area contributed by atoms with Gasteiger partial charge in [0.15, 0.2) is 5.82 Å². The van der Waals surface area contributed by atoms with E-state index in [2.05, 4.69) is 9.72 Å². The van der Waals surface area contributed by atoms with Gasteiger partial charge in [-0.15, -0.1) is 13.2 Å². The van der Waals surface area contributed by atoms with Gasteiger partial charge in [-0.1, -0.05) is 0 Å². The molecule has 0 atom stereocenters. The SMILES string of the molecule is OB(O)c1cnc(OC(F)(F)F)c(F)c1.